The van der Waals surface area contributed by atoms with Crippen LogP contribution in [0.4, 0.5) is 34.1 Å². The van der Waals surface area contributed by atoms with Gasteiger partial charge >= 0.3 is 0 Å². The van der Waals surface area contributed by atoms with Crippen molar-refractivity contribution in [2.75, 3.05) is 9.80 Å². The van der Waals surface area contributed by atoms with Gasteiger partial charge in [-0.3, -0.25) is 0 Å². The number of nitrogens with zero attached hydrogens (tertiary/aromatic N) is 2. The van der Waals surface area contributed by atoms with Crippen molar-refractivity contribution in [3.63, 3.8) is 0 Å². The lowest BCUT2D eigenvalue weighted by molar-refractivity contribution is 0.795. The van der Waals surface area contributed by atoms with E-state index in [-0.39, 0.29) is 6.71 Å². The molecule has 0 aliphatic carbocycles. The van der Waals surface area contributed by atoms with E-state index < -0.39 is 0 Å². The van der Waals surface area contributed by atoms with Crippen LogP contribution in [0.5, 0.6) is 0 Å². The lowest BCUT2D eigenvalue weighted by Crippen LogP contribution is -2.61. The number of anilines is 6. The molecule has 0 saturated carbocycles. The number of unbranched alkanes of at least 4 members (excludes halogenated alkanes) is 2. The summed E-state index contributed by atoms with van der Waals surface area (Å²) in [5.74, 6) is 0. The summed E-state index contributed by atoms with van der Waals surface area (Å²) in [6.45, 7) is 4.53. The highest BCUT2D eigenvalue weighted by Crippen LogP contribution is 2.54. The molecule has 2 aliphatic heterocycles. The Bertz CT molecular complexity index is 4120. The van der Waals surface area contributed by atoms with Gasteiger partial charge < -0.3 is 9.80 Å². The highest BCUT2D eigenvalue weighted by Gasteiger charge is 2.45. The van der Waals surface area contributed by atoms with E-state index in [1.807, 2.05) is 0 Å². The van der Waals surface area contributed by atoms with Crippen LogP contribution in [-0.2, 0) is 12.8 Å². The first-order valence-corrected chi connectivity index (χ1v) is 29.9. The molecule has 0 unspecified atom stereocenters. The molecule has 0 bridgehead atoms. The van der Waals surface area contributed by atoms with Crippen molar-refractivity contribution >= 4 is 57.2 Å². The zero-order valence-electron chi connectivity index (χ0n) is 47.3. The fourth-order valence-electron chi connectivity index (χ4n) is 13.2. The van der Waals surface area contributed by atoms with Crippen LogP contribution in [0.15, 0.2) is 285 Å². The number of hydrogen-bond acceptors (Lipinski definition) is 2. The first-order valence-electron chi connectivity index (χ1n) is 29.9. The van der Waals surface area contributed by atoms with Crippen molar-refractivity contribution in [2.24, 2.45) is 0 Å². The Morgan fingerprint density at radius 1 is 0.265 bits per heavy atom. The van der Waals surface area contributed by atoms with Gasteiger partial charge in [-0.25, -0.2) is 0 Å². The van der Waals surface area contributed by atoms with Crippen molar-refractivity contribution in [1.29, 1.82) is 0 Å². The van der Waals surface area contributed by atoms with E-state index in [2.05, 4.69) is 309 Å². The van der Waals surface area contributed by atoms with Gasteiger partial charge in [0.1, 0.15) is 0 Å². The number of fused-ring (bicyclic) bond motifs is 4. The number of hydrogen-bond donors (Lipinski definition) is 0. The van der Waals surface area contributed by atoms with Crippen molar-refractivity contribution in [2.45, 2.75) is 52.4 Å². The first kappa shape index (κ1) is 51.5. The number of rotatable bonds is 15. The van der Waals surface area contributed by atoms with Gasteiger partial charge in [0, 0.05) is 45.0 Å². The van der Waals surface area contributed by atoms with Crippen LogP contribution in [0.3, 0.4) is 0 Å². The predicted octanol–water partition coefficient (Wildman–Crippen LogP) is 20.1. The lowest BCUT2D eigenvalue weighted by atomic mass is 9.33. The summed E-state index contributed by atoms with van der Waals surface area (Å²) in [6, 6.07) is 107. The topological polar surface area (TPSA) is 6.48 Å². The quantitative estimate of drug-likeness (QED) is 0.0944. The Balaban J connectivity index is 1.16. The van der Waals surface area contributed by atoms with Crippen LogP contribution in [0.1, 0.15) is 50.7 Å². The van der Waals surface area contributed by atoms with Crippen LogP contribution in [0, 0.1) is 0 Å². The SMILES string of the molecule is CCCCc1ccc2c(c1)B1c3cc(-c4ccccc4)ccc3N(c3c(-c4ccccc4)cc(-c4ccccc4)cc3-c3ccccc3)c3cc(CCCC)cc(c31)N2c1c(-c2ccccc2)cc(-c2ccccc2)cc1-c1ccccc1. The van der Waals surface area contributed by atoms with E-state index in [1.54, 1.807) is 0 Å². The molecule has 0 amide bonds. The monoisotopic (exact) mass is 1060 g/mol. The minimum Gasteiger partial charge on any atom is -0.310 e. The maximum atomic E-state index is 2.71. The number of aryl methyl sites for hydroxylation is 2. The summed E-state index contributed by atoms with van der Waals surface area (Å²) in [5, 5.41) is 0. The van der Waals surface area contributed by atoms with E-state index in [9.17, 15) is 0 Å². The maximum Gasteiger partial charge on any atom is 0.252 e. The molecule has 398 valence electrons. The average Bonchev–Trinajstić information content (AvgIpc) is 2.94. The average molecular weight is 1070 g/mol. The van der Waals surface area contributed by atoms with Crippen LogP contribution in [0.25, 0.3) is 77.9 Å². The van der Waals surface area contributed by atoms with E-state index in [4.69, 9.17) is 0 Å². The second-order valence-corrected chi connectivity index (χ2v) is 22.4. The zero-order chi connectivity index (χ0) is 55.6. The molecule has 12 aromatic rings. The molecule has 0 spiro atoms. The third-order valence-electron chi connectivity index (χ3n) is 17.2. The van der Waals surface area contributed by atoms with Crippen LogP contribution >= 0.6 is 0 Å². The maximum absolute atomic E-state index is 2.71. The fraction of sp³-hybridized carbons (Fsp3) is 0.100. The fourth-order valence-corrected chi connectivity index (χ4v) is 13.2. The summed E-state index contributed by atoms with van der Waals surface area (Å²) in [7, 11) is 0. The largest absolute Gasteiger partial charge is 0.310 e. The molecule has 2 aliphatic rings. The molecule has 0 N–H and O–H groups in total. The van der Waals surface area contributed by atoms with Crippen molar-refractivity contribution in [3.8, 4) is 77.9 Å². The molecular formula is C80H65BN2. The standard InChI is InChI=1S/C80H65BN2/c1-3-5-28-56-44-46-74-72(48-56)81-73-55-65(58-30-14-7-15-31-58)45-47-75(73)83(80-70(63-40-24-12-25-41-63)53-67(60-34-18-9-19-35-60)54-71(80)64-42-26-13-27-43-64)77-50-57(29-6-4-2)49-76(78(77)81)82(74)79-68(61-36-20-10-21-37-61)51-66(59-32-16-8-17-33-59)52-69(79)62-38-22-11-23-39-62/h7-27,30-55H,3-6,28-29H2,1-2H3. The molecule has 83 heavy (non-hydrogen) atoms. The molecular weight excluding hydrogens is 1000 g/mol. The Hall–Kier alpha value is -9.70. The highest BCUT2D eigenvalue weighted by molar-refractivity contribution is 7.00. The summed E-state index contributed by atoms with van der Waals surface area (Å²) < 4.78 is 0. The highest BCUT2D eigenvalue weighted by atomic mass is 15.2. The summed E-state index contributed by atoms with van der Waals surface area (Å²) in [4.78, 5) is 5.41. The predicted molar refractivity (Wildman–Crippen MR) is 356 cm³/mol. The molecule has 2 heterocycles. The van der Waals surface area contributed by atoms with Gasteiger partial charge in [-0.05, 0) is 157 Å². The summed E-state index contributed by atoms with van der Waals surface area (Å²) in [5.41, 5.74) is 30.4. The third-order valence-corrected chi connectivity index (χ3v) is 17.2. The number of benzene rings is 12. The summed E-state index contributed by atoms with van der Waals surface area (Å²) >= 11 is 0. The van der Waals surface area contributed by atoms with Gasteiger partial charge in [0.15, 0.2) is 0 Å². The Morgan fingerprint density at radius 3 is 0.964 bits per heavy atom. The summed E-state index contributed by atoms with van der Waals surface area (Å²) in [6.07, 6.45) is 6.37. The van der Waals surface area contributed by atoms with Gasteiger partial charge in [-0.15, -0.1) is 0 Å². The van der Waals surface area contributed by atoms with Gasteiger partial charge in [-0.1, -0.05) is 263 Å². The van der Waals surface area contributed by atoms with E-state index in [0.29, 0.717) is 0 Å². The molecule has 3 heteroatoms. The van der Waals surface area contributed by atoms with Gasteiger partial charge in [-0.2, -0.15) is 0 Å². The zero-order valence-corrected chi connectivity index (χ0v) is 47.3. The smallest absolute Gasteiger partial charge is 0.252 e. The Kier molecular flexibility index (Phi) is 14.1. The lowest BCUT2D eigenvalue weighted by Gasteiger charge is -2.46. The Labute approximate surface area is 490 Å². The molecule has 14 rings (SSSR count). The Morgan fingerprint density at radius 2 is 0.590 bits per heavy atom. The van der Waals surface area contributed by atoms with Crippen molar-refractivity contribution in [1.82, 2.24) is 0 Å². The van der Waals surface area contributed by atoms with Crippen LogP contribution in [0.2, 0.25) is 0 Å². The van der Waals surface area contributed by atoms with Crippen LogP contribution < -0.4 is 26.2 Å². The molecule has 0 fully saturated rings. The third kappa shape index (κ3) is 9.66. The van der Waals surface area contributed by atoms with E-state index in [1.165, 1.54) is 140 Å². The van der Waals surface area contributed by atoms with Gasteiger partial charge in [0.2, 0.25) is 0 Å². The second-order valence-electron chi connectivity index (χ2n) is 22.4. The van der Waals surface area contributed by atoms with Gasteiger partial charge in [0.05, 0.1) is 11.4 Å². The van der Waals surface area contributed by atoms with Crippen molar-refractivity contribution in [3.05, 3.63) is 296 Å². The van der Waals surface area contributed by atoms with E-state index in [0.717, 1.165) is 38.5 Å². The molecule has 0 radical (unpaired) electrons. The molecule has 0 aromatic heterocycles. The minimum atomic E-state index is -0.101. The molecule has 0 atom stereocenters. The normalized spacial score (nSPS) is 12.2. The van der Waals surface area contributed by atoms with Crippen molar-refractivity contribution < 1.29 is 0 Å². The first-order chi connectivity index (χ1) is 41.1. The molecule has 12 aromatic carbocycles. The molecule has 2 nitrogen and oxygen atoms in total. The van der Waals surface area contributed by atoms with Gasteiger partial charge in [0.25, 0.3) is 6.71 Å². The second kappa shape index (κ2) is 22.7. The van der Waals surface area contributed by atoms with E-state index >= 15 is 0 Å². The minimum absolute atomic E-state index is 0.101. The molecule has 0 saturated heterocycles. The van der Waals surface area contributed by atoms with Crippen LogP contribution in [-0.4, -0.2) is 6.71 Å².